The predicted octanol–water partition coefficient (Wildman–Crippen LogP) is 4.85. The van der Waals surface area contributed by atoms with Crippen molar-refractivity contribution in [2.75, 3.05) is 17.1 Å². The molecule has 0 saturated carbocycles. The number of benzene rings is 3. The van der Waals surface area contributed by atoms with E-state index in [-0.39, 0.29) is 15.5 Å². The number of anilines is 2. The highest BCUT2D eigenvalue weighted by atomic mass is 35.5. The van der Waals surface area contributed by atoms with E-state index in [2.05, 4.69) is 10.0 Å². The van der Waals surface area contributed by atoms with E-state index in [1.54, 1.807) is 50.4 Å². The molecule has 156 valence electrons. The predicted molar refractivity (Wildman–Crippen MR) is 119 cm³/mol. The number of hydrogen-bond donors (Lipinski definition) is 2. The summed E-state index contributed by atoms with van der Waals surface area (Å²) in [6.07, 6.45) is 0. The van der Waals surface area contributed by atoms with E-state index in [0.717, 1.165) is 11.1 Å². The fraction of sp³-hybridized carbons (Fsp3) is 0.136. The maximum atomic E-state index is 12.9. The van der Waals surface area contributed by atoms with E-state index in [1.807, 2.05) is 12.1 Å². The van der Waals surface area contributed by atoms with Crippen molar-refractivity contribution in [1.29, 1.82) is 0 Å². The minimum atomic E-state index is -3.99. The molecule has 0 aromatic heterocycles. The molecule has 0 fully saturated rings. The van der Waals surface area contributed by atoms with Crippen molar-refractivity contribution in [3.05, 3.63) is 88.4 Å². The molecule has 3 rings (SSSR count). The molecule has 0 spiro atoms. The monoisotopic (exact) mass is 444 g/mol. The summed E-state index contributed by atoms with van der Waals surface area (Å²) >= 11 is 6.14. The normalized spacial score (nSPS) is 11.2. The highest BCUT2D eigenvalue weighted by Gasteiger charge is 2.21. The molecule has 6 nitrogen and oxygen atoms in total. The lowest BCUT2D eigenvalue weighted by Gasteiger charge is -2.13. The molecule has 30 heavy (non-hydrogen) atoms. The van der Waals surface area contributed by atoms with Crippen LogP contribution in [0.15, 0.2) is 71.6 Å². The van der Waals surface area contributed by atoms with Crippen LogP contribution in [0.25, 0.3) is 0 Å². The first kappa shape index (κ1) is 21.8. The van der Waals surface area contributed by atoms with Gasteiger partial charge in [-0.05, 0) is 54.4 Å². The van der Waals surface area contributed by atoms with Gasteiger partial charge in [-0.2, -0.15) is 0 Å². The lowest BCUT2D eigenvalue weighted by molar-refractivity contribution is 0.102. The van der Waals surface area contributed by atoms with Gasteiger partial charge in [0.05, 0.1) is 17.3 Å². The van der Waals surface area contributed by atoms with Crippen LogP contribution in [0, 0.1) is 6.92 Å². The van der Waals surface area contributed by atoms with Gasteiger partial charge in [-0.15, -0.1) is 0 Å². The average Bonchev–Trinajstić information content (AvgIpc) is 2.70. The number of nitrogens with one attached hydrogen (secondary N) is 2. The van der Waals surface area contributed by atoms with Crippen LogP contribution in [0.2, 0.25) is 5.02 Å². The lowest BCUT2D eigenvalue weighted by Crippen LogP contribution is -2.17. The molecule has 0 aliphatic carbocycles. The van der Waals surface area contributed by atoms with Crippen molar-refractivity contribution in [1.82, 2.24) is 0 Å². The summed E-state index contributed by atoms with van der Waals surface area (Å²) < 4.78 is 33.4. The molecule has 0 radical (unpaired) electrons. The Morgan fingerprint density at radius 3 is 2.53 bits per heavy atom. The summed E-state index contributed by atoms with van der Waals surface area (Å²) in [7, 11) is -2.40. The number of sulfonamides is 1. The zero-order valence-electron chi connectivity index (χ0n) is 16.5. The number of ether oxygens (including phenoxy) is 1. The molecule has 0 aliphatic heterocycles. The van der Waals surface area contributed by atoms with Gasteiger partial charge in [0.15, 0.2) is 0 Å². The molecular weight excluding hydrogens is 424 g/mol. The van der Waals surface area contributed by atoms with Crippen molar-refractivity contribution in [2.24, 2.45) is 0 Å². The maximum absolute atomic E-state index is 12.9. The first-order valence-corrected chi connectivity index (χ1v) is 10.9. The Morgan fingerprint density at radius 1 is 1.03 bits per heavy atom. The molecule has 2 N–H and O–H groups in total. The Labute approximate surface area is 180 Å². The third-order valence-corrected chi connectivity index (χ3v) is 6.22. The van der Waals surface area contributed by atoms with Crippen molar-refractivity contribution in [3.8, 4) is 0 Å². The Balaban J connectivity index is 1.86. The quantitative estimate of drug-likeness (QED) is 0.545. The molecule has 0 heterocycles. The number of carbonyl (C=O) groups is 1. The number of aryl methyl sites for hydroxylation is 1. The van der Waals surface area contributed by atoms with Crippen LogP contribution in [0.5, 0.6) is 0 Å². The molecule has 1 amide bonds. The van der Waals surface area contributed by atoms with E-state index >= 15 is 0 Å². The topological polar surface area (TPSA) is 84.5 Å². The summed E-state index contributed by atoms with van der Waals surface area (Å²) in [5.41, 5.74) is 2.85. The van der Waals surface area contributed by atoms with Crippen LogP contribution in [0.1, 0.15) is 21.5 Å². The Hall–Kier alpha value is -2.87. The zero-order chi connectivity index (χ0) is 21.7. The number of amides is 1. The smallest absolute Gasteiger partial charge is 0.263 e. The highest BCUT2D eigenvalue weighted by Crippen LogP contribution is 2.26. The summed E-state index contributed by atoms with van der Waals surface area (Å²) in [5, 5.41) is 2.78. The van der Waals surface area contributed by atoms with Crippen molar-refractivity contribution < 1.29 is 17.9 Å². The van der Waals surface area contributed by atoms with Crippen LogP contribution in [0.4, 0.5) is 11.4 Å². The van der Waals surface area contributed by atoms with Gasteiger partial charge >= 0.3 is 0 Å². The minimum Gasteiger partial charge on any atom is -0.380 e. The van der Waals surface area contributed by atoms with Crippen molar-refractivity contribution in [2.45, 2.75) is 18.4 Å². The molecule has 0 bridgehead atoms. The van der Waals surface area contributed by atoms with E-state index in [0.29, 0.717) is 18.0 Å². The number of carbonyl (C=O) groups excluding carboxylic acids is 1. The molecule has 0 atom stereocenters. The van der Waals surface area contributed by atoms with E-state index in [1.165, 1.54) is 18.2 Å². The molecule has 3 aromatic carbocycles. The van der Waals surface area contributed by atoms with Gasteiger partial charge in [0, 0.05) is 18.4 Å². The maximum Gasteiger partial charge on any atom is 0.263 e. The fourth-order valence-corrected chi connectivity index (χ4v) is 4.50. The minimum absolute atomic E-state index is 0.0229. The summed E-state index contributed by atoms with van der Waals surface area (Å²) in [6.45, 7) is 2.21. The molecular formula is C22H21ClN2O4S. The number of halogens is 1. The third kappa shape index (κ3) is 5.18. The first-order valence-electron chi connectivity index (χ1n) is 9.07. The van der Waals surface area contributed by atoms with Gasteiger partial charge in [0.1, 0.15) is 4.90 Å². The van der Waals surface area contributed by atoms with Crippen LogP contribution in [-0.2, 0) is 21.4 Å². The standard InChI is InChI=1S/C22H21ClN2O4S/c1-15-6-3-4-9-20(15)25-30(27,28)21-13-17(10-11-19(21)23)22(26)24-18-8-5-7-16(12-18)14-29-2/h3-13,25H,14H2,1-2H3,(H,24,26). The number of hydrogen-bond acceptors (Lipinski definition) is 4. The highest BCUT2D eigenvalue weighted by molar-refractivity contribution is 7.92. The zero-order valence-corrected chi connectivity index (χ0v) is 18.0. The Bertz CT molecular complexity index is 1180. The van der Waals surface area contributed by atoms with Crippen LogP contribution < -0.4 is 10.0 Å². The van der Waals surface area contributed by atoms with E-state index in [4.69, 9.17) is 16.3 Å². The summed E-state index contributed by atoms with van der Waals surface area (Å²) in [6, 6.07) is 18.3. The molecule has 0 saturated heterocycles. The summed E-state index contributed by atoms with van der Waals surface area (Å²) in [5.74, 6) is -0.450. The van der Waals surface area contributed by atoms with Gasteiger partial charge in [-0.1, -0.05) is 41.9 Å². The fourth-order valence-electron chi connectivity index (χ4n) is 2.85. The summed E-state index contributed by atoms with van der Waals surface area (Å²) in [4.78, 5) is 12.5. The van der Waals surface area contributed by atoms with Crippen molar-refractivity contribution >= 4 is 38.9 Å². The number of methoxy groups -OCH3 is 1. The second-order valence-corrected chi connectivity index (χ2v) is 8.71. The lowest BCUT2D eigenvalue weighted by atomic mass is 10.2. The molecule has 0 aliphatic rings. The van der Waals surface area contributed by atoms with Gasteiger partial charge in [-0.3, -0.25) is 9.52 Å². The van der Waals surface area contributed by atoms with Crippen LogP contribution >= 0.6 is 11.6 Å². The second kappa shape index (κ2) is 9.30. The molecule has 3 aromatic rings. The molecule has 8 heteroatoms. The van der Waals surface area contributed by atoms with Crippen LogP contribution in [0.3, 0.4) is 0 Å². The van der Waals surface area contributed by atoms with E-state index in [9.17, 15) is 13.2 Å². The van der Waals surface area contributed by atoms with Gasteiger partial charge in [-0.25, -0.2) is 8.42 Å². The van der Waals surface area contributed by atoms with Gasteiger partial charge in [0.25, 0.3) is 15.9 Å². The Morgan fingerprint density at radius 2 is 1.80 bits per heavy atom. The Kier molecular flexibility index (Phi) is 6.77. The number of para-hydroxylation sites is 1. The van der Waals surface area contributed by atoms with Crippen LogP contribution in [-0.4, -0.2) is 21.4 Å². The largest absolute Gasteiger partial charge is 0.380 e. The van der Waals surface area contributed by atoms with Gasteiger partial charge < -0.3 is 10.1 Å². The molecule has 0 unspecified atom stereocenters. The SMILES string of the molecule is COCc1cccc(NC(=O)c2ccc(Cl)c(S(=O)(=O)Nc3ccccc3C)c2)c1. The average molecular weight is 445 g/mol. The van der Waals surface area contributed by atoms with Gasteiger partial charge in [0.2, 0.25) is 0 Å². The third-order valence-electron chi connectivity index (χ3n) is 4.37. The second-order valence-electron chi connectivity index (χ2n) is 6.65. The van der Waals surface area contributed by atoms with Crippen molar-refractivity contribution in [3.63, 3.8) is 0 Å². The van der Waals surface area contributed by atoms with E-state index < -0.39 is 15.9 Å². The first-order chi connectivity index (χ1) is 14.3. The number of rotatable bonds is 7.